The van der Waals surface area contributed by atoms with Crippen LogP contribution in [0.5, 0.6) is 0 Å². The SMILES string of the molecule is CC1(c2nccs2)CNCC1C(=O)O. The summed E-state index contributed by atoms with van der Waals surface area (Å²) in [6.07, 6.45) is 1.72. The number of aromatic nitrogens is 1. The summed E-state index contributed by atoms with van der Waals surface area (Å²) >= 11 is 1.53. The molecule has 1 aromatic heterocycles. The topological polar surface area (TPSA) is 62.2 Å². The zero-order chi connectivity index (χ0) is 10.2. The van der Waals surface area contributed by atoms with Gasteiger partial charge in [0.15, 0.2) is 0 Å². The Kier molecular flexibility index (Phi) is 2.28. The summed E-state index contributed by atoms with van der Waals surface area (Å²) in [6.45, 7) is 3.19. The fraction of sp³-hybridized carbons (Fsp3) is 0.556. The second-order valence-corrected chi connectivity index (χ2v) is 4.67. The van der Waals surface area contributed by atoms with E-state index in [1.807, 2.05) is 12.3 Å². The predicted molar refractivity (Wildman–Crippen MR) is 53.5 cm³/mol. The first-order chi connectivity index (χ1) is 6.64. The van der Waals surface area contributed by atoms with Crippen LogP contribution >= 0.6 is 11.3 Å². The molecule has 2 atom stereocenters. The Hall–Kier alpha value is -0.940. The lowest BCUT2D eigenvalue weighted by molar-refractivity contribution is -0.142. The van der Waals surface area contributed by atoms with Gasteiger partial charge >= 0.3 is 5.97 Å². The van der Waals surface area contributed by atoms with Gasteiger partial charge in [-0.05, 0) is 0 Å². The molecular weight excluding hydrogens is 200 g/mol. The van der Waals surface area contributed by atoms with E-state index in [1.54, 1.807) is 6.20 Å². The van der Waals surface area contributed by atoms with E-state index in [9.17, 15) is 4.79 Å². The molecule has 1 aliphatic rings. The van der Waals surface area contributed by atoms with Gasteiger partial charge < -0.3 is 10.4 Å². The fourth-order valence-electron chi connectivity index (χ4n) is 1.91. The summed E-state index contributed by atoms with van der Waals surface area (Å²) < 4.78 is 0. The van der Waals surface area contributed by atoms with E-state index in [0.717, 1.165) is 5.01 Å². The highest BCUT2D eigenvalue weighted by Crippen LogP contribution is 2.36. The maximum absolute atomic E-state index is 11.0. The molecule has 0 bridgehead atoms. The molecule has 0 aliphatic carbocycles. The van der Waals surface area contributed by atoms with Gasteiger partial charge in [-0.15, -0.1) is 11.3 Å². The van der Waals surface area contributed by atoms with E-state index in [0.29, 0.717) is 13.1 Å². The maximum atomic E-state index is 11.0. The molecule has 4 nitrogen and oxygen atoms in total. The third-order valence-corrected chi connectivity index (χ3v) is 3.88. The van der Waals surface area contributed by atoms with Crippen LogP contribution in [0.25, 0.3) is 0 Å². The molecule has 76 valence electrons. The quantitative estimate of drug-likeness (QED) is 0.757. The first-order valence-corrected chi connectivity index (χ1v) is 5.36. The normalized spacial score (nSPS) is 31.9. The van der Waals surface area contributed by atoms with Crippen LogP contribution in [0.3, 0.4) is 0 Å². The van der Waals surface area contributed by atoms with Crippen LogP contribution in [0.4, 0.5) is 0 Å². The van der Waals surface area contributed by atoms with Gasteiger partial charge in [-0.3, -0.25) is 4.79 Å². The van der Waals surface area contributed by atoms with E-state index in [4.69, 9.17) is 5.11 Å². The molecule has 5 heteroatoms. The summed E-state index contributed by atoms with van der Waals surface area (Å²) in [5.74, 6) is -1.11. The number of aliphatic carboxylic acids is 1. The molecule has 1 aromatic rings. The van der Waals surface area contributed by atoms with Crippen molar-refractivity contribution in [2.75, 3.05) is 13.1 Å². The molecule has 2 heterocycles. The molecule has 2 unspecified atom stereocenters. The smallest absolute Gasteiger partial charge is 0.308 e. The lowest BCUT2D eigenvalue weighted by Crippen LogP contribution is -2.36. The molecule has 2 rings (SSSR count). The summed E-state index contributed by atoms with van der Waals surface area (Å²) in [5, 5.41) is 15.0. The third-order valence-electron chi connectivity index (χ3n) is 2.83. The van der Waals surface area contributed by atoms with Crippen molar-refractivity contribution in [3.63, 3.8) is 0 Å². The average molecular weight is 212 g/mol. The van der Waals surface area contributed by atoms with Crippen molar-refractivity contribution in [1.29, 1.82) is 0 Å². The number of nitrogens with zero attached hydrogens (tertiary/aromatic N) is 1. The van der Waals surface area contributed by atoms with Gasteiger partial charge in [0.05, 0.1) is 5.92 Å². The molecule has 2 N–H and O–H groups in total. The number of thiazole rings is 1. The summed E-state index contributed by atoms with van der Waals surface area (Å²) in [6, 6.07) is 0. The van der Waals surface area contributed by atoms with Crippen LogP contribution < -0.4 is 5.32 Å². The van der Waals surface area contributed by atoms with Crippen molar-refractivity contribution < 1.29 is 9.90 Å². The van der Waals surface area contributed by atoms with Crippen molar-refractivity contribution in [2.45, 2.75) is 12.3 Å². The van der Waals surface area contributed by atoms with Crippen molar-refractivity contribution in [2.24, 2.45) is 5.92 Å². The van der Waals surface area contributed by atoms with E-state index in [-0.39, 0.29) is 11.3 Å². The predicted octanol–water partition coefficient (Wildman–Crippen LogP) is 0.705. The maximum Gasteiger partial charge on any atom is 0.308 e. The van der Waals surface area contributed by atoms with Crippen molar-refractivity contribution in [3.8, 4) is 0 Å². The Labute approximate surface area is 86.0 Å². The number of carbonyl (C=O) groups is 1. The Bertz CT molecular complexity index is 339. The molecule has 0 saturated carbocycles. The molecule has 1 saturated heterocycles. The van der Waals surface area contributed by atoms with Gasteiger partial charge in [-0.1, -0.05) is 6.92 Å². The Morgan fingerprint density at radius 3 is 3.21 bits per heavy atom. The molecule has 0 amide bonds. The van der Waals surface area contributed by atoms with Crippen LogP contribution in [0.15, 0.2) is 11.6 Å². The number of hydrogen-bond donors (Lipinski definition) is 2. The Balaban J connectivity index is 2.35. The number of rotatable bonds is 2. The standard InChI is InChI=1S/C9H12N2O2S/c1-9(8-11-2-3-14-8)5-10-4-6(9)7(12)13/h2-3,6,10H,4-5H2,1H3,(H,12,13). The molecule has 0 spiro atoms. The highest BCUT2D eigenvalue weighted by atomic mass is 32.1. The van der Waals surface area contributed by atoms with Crippen LogP contribution in [0, 0.1) is 5.92 Å². The van der Waals surface area contributed by atoms with Gasteiger partial charge in [-0.2, -0.15) is 0 Å². The molecule has 1 fully saturated rings. The van der Waals surface area contributed by atoms with Gasteiger partial charge in [0.1, 0.15) is 5.01 Å². The minimum Gasteiger partial charge on any atom is -0.481 e. The highest BCUT2D eigenvalue weighted by Gasteiger charge is 2.46. The minimum absolute atomic E-state index is 0.347. The van der Waals surface area contributed by atoms with E-state index in [2.05, 4.69) is 10.3 Å². The van der Waals surface area contributed by atoms with Crippen LogP contribution in [-0.2, 0) is 10.2 Å². The van der Waals surface area contributed by atoms with Crippen molar-refractivity contribution in [3.05, 3.63) is 16.6 Å². The van der Waals surface area contributed by atoms with Crippen LogP contribution in [0.2, 0.25) is 0 Å². The molecule has 1 aliphatic heterocycles. The van der Waals surface area contributed by atoms with Crippen LogP contribution in [0.1, 0.15) is 11.9 Å². The number of hydrogen-bond acceptors (Lipinski definition) is 4. The van der Waals surface area contributed by atoms with Crippen LogP contribution in [-0.4, -0.2) is 29.1 Å². The monoisotopic (exact) mass is 212 g/mol. The first-order valence-electron chi connectivity index (χ1n) is 4.48. The summed E-state index contributed by atoms with van der Waals surface area (Å²) in [5.41, 5.74) is -0.347. The molecule has 0 radical (unpaired) electrons. The van der Waals surface area contributed by atoms with Gasteiger partial charge in [0.2, 0.25) is 0 Å². The average Bonchev–Trinajstić information content (AvgIpc) is 2.71. The van der Waals surface area contributed by atoms with E-state index in [1.165, 1.54) is 11.3 Å². The molecule has 0 aromatic carbocycles. The number of nitrogens with one attached hydrogen (secondary N) is 1. The number of carboxylic acids is 1. The fourth-order valence-corrected chi connectivity index (χ4v) is 2.77. The minimum atomic E-state index is -0.743. The lowest BCUT2D eigenvalue weighted by Gasteiger charge is -2.24. The highest BCUT2D eigenvalue weighted by molar-refractivity contribution is 7.09. The summed E-state index contributed by atoms with van der Waals surface area (Å²) in [7, 11) is 0. The zero-order valence-electron chi connectivity index (χ0n) is 7.86. The second kappa shape index (κ2) is 3.33. The number of carboxylic acid groups (broad SMARTS) is 1. The largest absolute Gasteiger partial charge is 0.481 e. The second-order valence-electron chi connectivity index (χ2n) is 3.78. The molecular formula is C9H12N2O2S. The lowest BCUT2D eigenvalue weighted by atomic mass is 9.80. The Morgan fingerprint density at radius 1 is 1.86 bits per heavy atom. The van der Waals surface area contributed by atoms with Crippen molar-refractivity contribution >= 4 is 17.3 Å². The van der Waals surface area contributed by atoms with Gasteiger partial charge in [0.25, 0.3) is 0 Å². The third kappa shape index (κ3) is 1.33. The van der Waals surface area contributed by atoms with E-state index < -0.39 is 5.97 Å². The zero-order valence-corrected chi connectivity index (χ0v) is 8.67. The molecule has 14 heavy (non-hydrogen) atoms. The van der Waals surface area contributed by atoms with Gasteiger partial charge in [0, 0.05) is 30.1 Å². The van der Waals surface area contributed by atoms with E-state index >= 15 is 0 Å². The Morgan fingerprint density at radius 2 is 2.64 bits per heavy atom. The van der Waals surface area contributed by atoms with Crippen molar-refractivity contribution in [1.82, 2.24) is 10.3 Å². The van der Waals surface area contributed by atoms with Gasteiger partial charge in [-0.25, -0.2) is 4.98 Å². The summed E-state index contributed by atoms with van der Waals surface area (Å²) in [4.78, 5) is 15.3. The first kappa shape index (κ1) is 9.61.